The maximum atomic E-state index is 13.6. The minimum atomic E-state index is -3.88. The van der Waals surface area contributed by atoms with Gasteiger partial charge in [-0.2, -0.15) is 0 Å². The molecule has 0 aliphatic rings. The molecule has 0 unspecified atom stereocenters. The second kappa shape index (κ2) is 10.4. The highest BCUT2D eigenvalue weighted by molar-refractivity contribution is 7.92. The molecule has 0 bridgehead atoms. The lowest BCUT2D eigenvalue weighted by Gasteiger charge is -2.25. The van der Waals surface area contributed by atoms with Crippen molar-refractivity contribution in [2.75, 3.05) is 31.4 Å². The van der Waals surface area contributed by atoms with E-state index >= 15 is 0 Å². The molecule has 0 aliphatic carbocycles. The number of aryl methyl sites for hydroxylation is 2. The van der Waals surface area contributed by atoms with E-state index in [4.69, 9.17) is 13.9 Å². The zero-order chi connectivity index (χ0) is 25.0. The Hall–Kier alpha value is -3.46. The van der Waals surface area contributed by atoms with Gasteiger partial charge in [0.2, 0.25) is 0 Å². The molecule has 7 nitrogen and oxygen atoms in total. The van der Waals surface area contributed by atoms with Crippen molar-refractivity contribution in [1.82, 2.24) is 0 Å². The summed E-state index contributed by atoms with van der Waals surface area (Å²) in [6.45, 7) is 4.09. The van der Waals surface area contributed by atoms with E-state index in [0.29, 0.717) is 22.2 Å². The fourth-order valence-corrected chi connectivity index (χ4v) is 5.28. The Morgan fingerprint density at radius 1 is 0.914 bits per heavy atom. The Morgan fingerprint density at radius 2 is 1.66 bits per heavy atom. The summed E-state index contributed by atoms with van der Waals surface area (Å²) < 4.78 is 44.4. The first-order valence-corrected chi connectivity index (χ1v) is 12.6. The van der Waals surface area contributed by atoms with Crippen molar-refractivity contribution < 1.29 is 22.3 Å². The molecule has 0 aliphatic heterocycles. The average molecular weight is 494 g/mol. The molecular weight excluding hydrogens is 466 g/mol. The van der Waals surface area contributed by atoms with Crippen molar-refractivity contribution in [1.29, 1.82) is 0 Å². The highest BCUT2D eigenvalue weighted by Crippen LogP contribution is 2.29. The van der Waals surface area contributed by atoms with Crippen molar-refractivity contribution in [3.8, 4) is 11.1 Å². The number of benzene rings is 3. The first-order valence-electron chi connectivity index (χ1n) is 11.1. The minimum Gasteiger partial charge on any atom is -0.422 e. The summed E-state index contributed by atoms with van der Waals surface area (Å²) in [5, 5.41) is 0.613. The third-order valence-corrected chi connectivity index (χ3v) is 7.53. The summed E-state index contributed by atoms with van der Waals surface area (Å²) in [6.07, 6.45) is 0. The van der Waals surface area contributed by atoms with Gasteiger partial charge in [0.05, 0.1) is 29.3 Å². The largest absolute Gasteiger partial charge is 0.422 e. The lowest BCUT2D eigenvalue weighted by Crippen LogP contribution is -2.34. The summed E-state index contributed by atoms with van der Waals surface area (Å²) in [4.78, 5) is 12.9. The standard InChI is InChI=1S/C27H27NO6S/c1-19-8-11-23(12-9-19)35(30,31)28(14-15-33-18-32-3)22-10-13-26-21(16-22)17-25(27(29)34-26)24-7-5-4-6-20(24)2/h4-13,16-17H,14-15,18H2,1-3H3. The monoisotopic (exact) mass is 493 g/mol. The van der Waals surface area contributed by atoms with Crippen LogP contribution < -0.4 is 9.93 Å². The number of nitrogens with zero attached hydrogens (tertiary/aromatic N) is 1. The third-order valence-electron chi connectivity index (χ3n) is 5.69. The van der Waals surface area contributed by atoms with E-state index in [1.54, 1.807) is 48.5 Å². The number of rotatable bonds is 9. The van der Waals surface area contributed by atoms with Gasteiger partial charge in [0.1, 0.15) is 12.4 Å². The summed E-state index contributed by atoms with van der Waals surface area (Å²) in [5.74, 6) is 0. The van der Waals surface area contributed by atoms with E-state index in [1.165, 1.54) is 11.4 Å². The molecule has 4 rings (SSSR count). The molecule has 0 fully saturated rings. The predicted molar refractivity (Wildman–Crippen MR) is 136 cm³/mol. The summed E-state index contributed by atoms with van der Waals surface area (Å²) in [5.41, 5.74) is 3.45. The van der Waals surface area contributed by atoms with Gasteiger partial charge in [0, 0.05) is 12.5 Å². The molecular formula is C27H27NO6S. The molecule has 35 heavy (non-hydrogen) atoms. The first kappa shape index (κ1) is 24.7. The highest BCUT2D eigenvalue weighted by atomic mass is 32.2. The van der Waals surface area contributed by atoms with E-state index in [9.17, 15) is 13.2 Å². The number of ether oxygens (including phenoxy) is 2. The second-order valence-electron chi connectivity index (χ2n) is 8.19. The summed E-state index contributed by atoms with van der Waals surface area (Å²) in [6, 6.07) is 20.9. The molecule has 1 aromatic heterocycles. The van der Waals surface area contributed by atoms with Crippen molar-refractivity contribution >= 4 is 26.7 Å². The Bertz CT molecular complexity index is 1490. The van der Waals surface area contributed by atoms with Gasteiger partial charge < -0.3 is 13.9 Å². The Morgan fingerprint density at radius 3 is 2.37 bits per heavy atom. The van der Waals surface area contributed by atoms with Crippen LogP contribution in [0.2, 0.25) is 0 Å². The van der Waals surface area contributed by atoms with Crippen LogP contribution in [0, 0.1) is 13.8 Å². The van der Waals surface area contributed by atoms with E-state index in [2.05, 4.69) is 0 Å². The molecule has 0 N–H and O–H groups in total. The maximum Gasteiger partial charge on any atom is 0.344 e. The Kier molecular flexibility index (Phi) is 7.35. The van der Waals surface area contributed by atoms with Crippen LogP contribution >= 0.6 is 0 Å². The van der Waals surface area contributed by atoms with Gasteiger partial charge in [-0.05, 0) is 61.4 Å². The molecule has 182 valence electrons. The van der Waals surface area contributed by atoms with E-state index in [0.717, 1.165) is 16.7 Å². The van der Waals surface area contributed by atoms with Crippen molar-refractivity contribution in [2.45, 2.75) is 18.7 Å². The van der Waals surface area contributed by atoms with Crippen LogP contribution in [-0.2, 0) is 19.5 Å². The highest BCUT2D eigenvalue weighted by Gasteiger charge is 2.25. The normalized spacial score (nSPS) is 11.6. The van der Waals surface area contributed by atoms with Crippen molar-refractivity contribution in [3.63, 3.8) is 0 Å². The summed E-state index contributed by atoms with van der Waals surface area (Å²) >= 11 is 0. The Balaban J connectivity index is 1.80. The van der Waals surface area contributed by atoms with Crippen LogP contribution in [0.25, 0.3) is 22.1 Å². The van der Waals surface area contributed by atoms with Gasteiger partial charge in [0.25, 0.3) is 10.0 Å². The van der Waals surface area contributed by atoms with Crippen LogP contribution in [0.4, 0.5) is 5.69 Å². The molecule has 0 radical (unpaired) electrons. The lowest BCUT2D eigenvalue weighted by atomic mass is 10.0. The van der Waals surface area contributed by atoms with Crippen LogP contribution in [0.3, 0.4) is 0 Å². The Labute approximate surface area is 204 Å². The fraction of sp³-hybridized carbons (Fsp3) is 0.222. The van der Waals surface area contributed by atoms with Gasteiger partial charge in [-0.25, -0.2) is 13.2 Å². The first-order chi connectivity index (χ1) is 16.8. The zero-order valence-corrected chi connectivity index (χ0v) is 20.7. The van der Waals surface area contributed by atoms with Gasteiger partial charge in [-0.3, -0.25) is 4.31 Å². The van der Waals surface area contributed by atoms with Crippen LogP contribution in [0.1, 0.15) is 11.1 Å². The topological polar surface area (TPSA) is 86.1 Å². The maximum absolute atomic E-state index is 13.6. The second-order valence-corrected chi connectivity index (χ2v) is 10.1. The molecule has 8 heteroatoms. The smallest absolute Gasteiger partial charge is 0.344 e. The molecule has 0 atom stereocenters. The summed E-state index contributed by atoms with van der Waals surface area (Å²) in [7, 11) is -2.38. The number of sulfonamides is 1. The molecule has 0 saturated carbocycles. The SMILES string of the molecule is COCOCCN(c1ccc2oc(=O)c(-c3ccccc3C)cc2c1)S(=O)(=O)c1ccc(C)cc1. The van der Waals surface area contributed by atoms with E-state index in [-0.39, 0.29) is 24.8 Å². The predicted octanol–water partition coefficient (Wildman–Crippen LogP) is 4.89. The van der Waals surface area contributed by atoms with Crippen molar-refractivity contribution in [3.05, 3.63) is 94.3 Å². The molecule has 4 aromatic rings. The fourth-order valence-electron chi connectivity index (χ4n) is 3.84. The number of fused-ring (bicyclic) bond motifs is 1. The molecule has 0 spiro atoms. The zero-order valence-electron chi connectivity index (χ0n) is 19.9. The number of methoxy groups -OCH3 is 1. The van der Waals surface area contributed by atoms with Crippen LogP contribution in [0.15, 0.2) is 86.9 Å². The number of anilines is 1. The van der Waals surface area contributed by atoms with Gasteiger partial charge in [-0.1, -0.05) is 42.0 Å². The average Bonchev–Trinajstić information content (AvgIpc) is 2.84. The molecule has 1 heterocycles. The molecule has 0 saturated heterocycles. The van der Waals surface area contributed by atoms with Crippen LogP contribution in [0.5, 0.6) is 0 Å². The van der Waals surface area contributed by atoms with E-state index < -0.39 is 15.6 Å². The van der Waals surface area contributed by atoms with Gasteiger partial charge in [0.15, 0.2) is 0 Å². The molecule has 3 aromatic carbocycles. The van der Waals surface area contributed by atoms with Crippen LogP contribution in [-0.4, -0.2) is 35.5 Å². The minimum absolute atomic E-state index is 0.0566. The number of hydrogen-bond acceptors (Lipinski definition) is 6. The lowest BCUT2D eigenvalue weighted by molar-refractivity contribution is -0.0269. The molecule has 0 amide bonds. The number of hydrogen-bond donors (Lipinski definition) is 0. The van der Waals surface area contributed by atoms with Crippen molar-refractivity contribution in [2.24, 2.45) is 0 Å². The third kappa shape index (κ3) is 5.30. The van der Waals surface area contributed by atoms with E-state index in [1.807, 2.05) is 38.1 Å². The van der Waals surface area contributed by atoms with Gasteiger partial charge in [-0.15, -0.1) is 0 Å². The van der Waals surface area contributed by atoms with Gasteiger partial charge >= 0.3 is 5.63 Å². The quantitative estimate of drug-likeness (QED) is 0.187.